The van der Waals surface area contributed by atoms with Crippen molar-refractivity contribution in [3.05, 3.63) is 89.1 Å². The van der Waals surface area contributed by atoms with Gasteiger partial charge in [0.05, 0.1) is 0 Å². The van der Waals surface area contributed by atoms with Crippen LogP contribution >= 0.6 is 11.6 Å². The van der Waals surface area contributed by atoms with Crippen LogP contribution in [0.25, 0.3) is 22.4 Å². The first kappa shape index (κ1) is 23.8. The predicted octanol–water partition coefficient (Wildman–Crippen LogP) is 7.34. The first-order valence-corrected chi connectivity index (χ1v) is 11.0. The maximum Gasteiger partial charge on any atom is 0.511 e. The number of carboxylic acid groups (broad SMARTS) is 1. The average Bonchev–Trinajstić information content (AvgIpc) is 3.19. The summed E-state index contributed by atoms with van der Waals surface area (Å²) in [4.78, 5) is 23.4. The lowest BCUT2D eigenvalue weighted by atomic mass is 10.0. The van der Waals surface area contributed by atoms with Crippen LogP contribution < -0.4 is 10.1 Å². The molecule has 0 fully saturated rings. The Morgan fingerprint density at radius 1 is 1.00 bits per heavy atom. The molecule has 0 radical (unpaired) electrons. The highest BCUT2D eigenvalue weighted by atomic mass is 35.5. The van der Waals surface area contributed by atoms with Crippen molar-refractivity contribution in [1.82, 2.24) is 5.16 Å². The van der Waals surface area contributed by atoms with Gasteiger partial charge in [-0.3, -0.25) is 5.32 Å². The van der Waals surface area contributed by atoms with Crippen LogP contribution in [0.2, 0.25) is 5.02 Å². The van der Waals surface area contributed by atoms with E-state index in [0.717, 1.165) is 11.1 Å². The van der Waals surface area contributed by atoms with Gasteiger partial charge in [-0.1, -0.05) is 71.4 Å². The molecular weight excluding hydrogens is 472 g/mol. The van der Waals surface area contributed by atoms with Gasteiger partial charge in [-0.2, -0.15) is 0 Å². The number of amides is 1. The average molecular weight is 493 g/mol. The summed E-state index contributed by atoms with van der Waals surface area (Å²) in [5.74, 6) is 0.646. The molecule has 0 saturated carbocycles. The Hall–Kier alpha value is -4.30. The summed E-state index contributed by atoms with van der Waals surface area (Å²) < 4.78 is 15.5. The van der Waals surface area contributed by atoms with Crippen molar-refractivity contribution in [2.75, 3.05) is 5.32 Å². The molecule has 35 heavy (non-hydrogen) atoms. The van der Waals surface area contributed by atoms with Crippen LogP contribution in [0, 0.1) is 6.92 Å². The summed E-state index contributed by atoms with van der Waals surface area (Å²) >= 11 is 6.19. The molecule has 0 saturated heterocycles. The standard InChI is InChI=1S/C26H21ClN2O6/c1-15(21-8-3-4-9-22(21)27)33-25(30)28-23-16(2)35-29-24(23)18-12-10-17(11-13-18)19-6-5-7-20(14-19)34-26(31)32/h3-15H,1-2H3,(H,28,30)(H,31,32). The Kier molecular flexibility index (Phi) is 7.03. The Morgan fingerprint density at radius 3 is 2.43 bits per heavy atom. The Morgan fingerprint density at radius 2 is 1.71 bits per heavy atom. The monoisotopic (exact) mass is 492 g/mol. The first-order valence-electron chi connectivity index (χ1n) is 10.6. The van der Waals surface area contributed by atoms with Gasteiger partial charge >= 0.3 is 12.2 Å². The quantitative estimate of drug-likeness (QED) is 0.214. The van der Waals surface area contributed by atoms with Gasteiger partial charge in [-0.15, -0.1) is 0 Å². The van der Waals surface area contributed by atoms with Crippen molar-refractivity contribution >= 4 is 29.5 Å². The van der Waals surface area contributed by atoms with Crippen LogP contribution in [0.3, 0.4) is 0 Å². The number of aromatic nitrogens is 1. The van der Waals surface area contributed by atoms with Crippen molar-refractivity contribution in [1.29, 1.82) is 0 Å². The van der Waals surface area contributed by atoms with Gasteiger partial charge in [-0.05, 0) is 43.2 Å². The van der Waals surface area contributed by atoms with Crippen molar-refractivity contribution in [2.24, 2.45) is 0 Å². The summed E-state index contributed by atoms with van der Waals surface area (Å²) in [5.41, 5.74) is 3.86. The molecule has 1 aromatic heterocycles. The fourth-order valence-corrected chi connectivity index (χ4v) is 3.83. The summed E-state index contributed by atoms with van der Waals surface area (Å²) in [6.45, 7) is 3.42. The topological polar surface area (TPSA) is 111 Å². The number of aryl methyl sites for hydroxylation is 1. The number of anilines is 1. The van der Waals surface area contributed by atoms with Gasteiger partial charge in [0.1, 0.15) is 23.2 Å². The third-order valence-corrected chi connectivity index (χ3v) is 5.59. The molecule has 3 aromatic carbocycles. The minimum Gasteiger partial charge on any atom is -0.449 e. The lowest BCUT2D eigenvalue weighted by Gasteiger charge is -2.15. The van der Waals surface area contributed by atoms with E-state index in [0.29, 0.717) is 33.3 Å². The second-order valence-corrected chi connectivity index (χ2v) is 8.04. The number of halogens is 1. The lowest BCUT2D eigenvalue weighted by Crippen LogP contribution is -2.17. The largest absolute Gasteiger partial charge is 0.511 e. The number of nitrogens with one attached hydrogen (secondary N) is 1. The van der Waals surface area contributed by atoms with Crippen molar-refractivity contribution in [3.8, 4) is 28.1 Å². The molecule has 1 atom stereocenters. The molecule has 1 heterocycles. The van der Waals surface area contributed by atoms with E-state index < -0.39 is 18.4 Å². The predicted molar refractivity (Wildman–Crippen MR) is 131 cm³/mol. The fraction of sp³-hybridized carbons (Fsp3) is 0.115. The number of rotatable bonds is 6. The number of ether oxygens (including phenoxy) is 2. The summed E-state index contributed by atoms with van der Waals surface area (Å²) in [6, 6.07) is 21.2. The minimum absolute atomic E-state index is 0.224. The Balaban J connectivity index is 1.51. The van der Waals surface area contributed by atoms with E-state index in [1.807, 2.05) is 36.4 Å². The molecule has 0 aliphatic heterocycles. The molecule has 4 rings (SSSR count). The van der Waals surface area contributed by atoms with E-state index in [9.17, 15) is 9.59 Å². The van der Waals surface area contributed by atoms with Crippen molar-refractivity contribution < 1.29 is 28.7 Å². The summed E-state index contributed by atoms with van der Waals surface area (Å²) in [5, 5.41) is 16.1. The third kappa shape index (κ3) is 5.62. The molecule has 1 unspecified atom stereocenters. The lowest BCUT2D eigenvalue weighted by molar-refractivity contribution is 0.121. The number of benzene rings is 3. The number of hydrogen-bond donors (Lipinski definition) is 2. The smallest absolute Gasteiger partial charge is 0.449 e. The van der Waals surface area contributed by atoms with Crippen LogP contribution in [0.1, 0.15) is 24.4 Å². The van der Waals surface area contributed by atoms with Gasteiger partial charge in [0.15, 0.2) is 5.76 Å². The van der Waals surface area contributed by atoms with E-state index in [-0.39, 0.29) is 5.75 Å². The molecule has 0 spiro atoms. The number of hydrogen-bond acceptors (Lipinski definition) is 6. The zero-order chi connectivity index (χ0) is 24.9. The van der Waals surface area contributed by atoms with Gasteiger partial charge in [0, 0.05) is 16.1 Å². The van der Waals surface area contributed by atoms with E-state index in [1.54, 1.807) is 50.2 Å². The van der Waals surface area contributed by atoms with E-state index >= 15 is 0 Å². The molecule has 0 bridgehead atoms. The molecule has 8 nitrogen and oxygen atoms in total. The van der Waals surface area contributed by atoms with E-state index in [4.69, 9.17) is 30.7 Å². The second-order valence-electron chi connectivity index (χ2n) is 7.63. The van der Waals surface area contributed by atoms with Gasteiger partial charge in [0.25, 0.3) is 0 Å². The normalized spacial score (nSPS) is 11.5. The number of carbonyl (C=O) groups is 2. The highest BCUT2D eigenvalue weighted by Crippen LogP contribution is 2.33. The van der Waals surface area contributed by atoms with Crippen LogP contribution in [0.15, 0.2) is 77.3 Å². The molecule has 0 aliphatic rings. The van der Waals surface area contributed by atoms with Gasteiger partial charge in [-0.25, -0.2) is 9.59 Å². The molecule has 0 aliphatic carbocycles. The molecule has 1 amide bonds. The van der Waals surface area contributed by atoms with Crippen LogP contribution in [-0.2, 0) is 4.74 Å². The zero-order valence-electron chi connectivity index (χ0n) is 18.8. The fourth-order valence-electron chi connectivity index (χ4n) is 3.54. The summed E-state index contributed by atoms with van der Waals surface area (Å²) in [6.07, 6.45) is -2.61. The maximum atomic E-state index is 12.6. The summed E-state index contributed by atoms with van der Waals surface area (Å²) in [7, 11) is 0. The highest BCUT2D eigenvalue weighted by molar-refractivity contribution is 6.31. The van der Waals surface area contributed by atoms with E-state index in [1.165, 1.54) is 0 Å². The maximum absolute atomic E-state index is 12.6. The van der Waals surface area contributed by atoms with Crippen LogP contribution in [-0.4, -0.2) is 22.5 Å². The molecule has 178 valence electrons. The van der Waals surface area contributed by atoms with E-state index in [2.05, 4.69) is 10.5 Å². The molecule has 4 aromatic rings. The second kappa shape index (κ2) is 10.3. The zero-order valence-corrected chi connectivity index (χ0v) is 19.6. The Bertz CT molecular complexity index is 1370. The minimum atomic E-state index is -1.38. The molecular formula is C26H21ClN2O6. The molecule has 9 heteroatoms. The van der Waals surface area contributed by atoms with Gasteiger partial charge < -0.3 is 19.1 Å². The SMILES string of the molecule is Cc1onc(-c2ccc(-c3cccc(OC(=O)O)c3)cc2)c1NC(=O)OC(C)c1ccccc1Cl. The number of carbonyl (C=O) groups excluding carboxylic acids is 1. The third-order valence-electron chi connectivity index (χ3n) is 5.25. The van der Waals surface area contributed by atoms with Crippen molar-refractivity contribution in [2.45, 2.75) is 20.0 Å². The van der Waals surface area contributed by atoms with Crippen LogP contribution in [0.4, 0.5) is 15.3 Å². The van der Waals surface area contributed by atoms with Gasteiger partial charge in [0.2, 0.25) is 0 Å². The van der Waals surface area contributed by atoms with Crippen LogP contribution in [0.5, 0.6) is 5.75 Å². The molecule has 2 N–H and O–H groups in total. The number of nitrogens with zero attached hydrogens (tertiary/aromatic N) is 1. The highest BCUT2D eigenvalue weighted by Gasteiger charge is 2.20. The van der Waals surface area contributed by atoms with Crippen molar-refractivity contribution in [3.63, 3.8) is 0 Å². The Labute approximate surface area is 206 Å². The first-order chi connectivity index (χ1) is 16.8.